The van der Waals surface area contributed by atoms with Gasteiger partial charge in [0, 0.05) is 6.42 Å². The first-order valence-corrected chi connectivity index (χ1v) is 32.2. The van der Waals surface area contributed by atoms with E-state index >= 15 is 0 Å². The molecule has 3 aliphatic heterocycles. The third-order valence-corrected chi connectivity index (χ3v) is 16.2. The van der Waals surface area contributed by atoms with Gasteiger partial charge in [-0.15, -0.1) is 0 Å². The maximum absolute atomic E-state index is 13.4. The third kappa shape index (κ3) is 29.1. The van der Waals surface area contributed by atoms with E-state index in [2.05, 4.69) is 43.5 Å². The van der Waals surface area contributed by atoms with Gasteiger partial charge in [0.1, 0.15) is 73.2 Å². The van der Waals surface area contributed by atoms with Crippen molar-refractivity contribution in [3.8, 4) is 0 Å². The van der Waals surface area contributed by atoms with Gasteiger partial charge in [0.05, 0.1) is 38.6 Å². The summed E-state index contributed by atoms with van der Waals surface area (Å²) < 4.78 is 34.3. The van der Waals surface area contributed by atoms with Crippen LogP contribution in [0.1, 0.15) is 226 Å². The summed E-state index contributed by atoms with van der Waals surface area (Å²) in [5, 5.41) is 120. The molecule has 3 rings (SSSR count). The van der Waals surface area contributed by atoms with E-state index in [-0.39, 0.29) is 18.9 Å². The number of aliphatic hydroxyl groups is 11. The van der Waals surface area contributed by atoms with Crippen LogP contribution in [-0.2, 0) is 33.2 Å². The van der Waals surface area contributed by atoms with E-state index in [1.165, 1.54) is 141 Å². The zero-order valence-electron chi connectivity index (χ0n) is 50.2. The second-order valence-electron chi connectivity index (χ2n) is 23.2. The number of nitrogens with one attached hydrogen (secondary N) is 1. The van der Waals surface area contributed by atoms with Crippen molar-refractivity contribution in [2.75, 3.05) is 26.4 Å². The highest BCUT2D eigenvalue weighted by Gasteiger charge is 2.53. The van der Waals surface area contributed by atoms with Crippen molar-refractivity contribution in [2.45, 2.75) is 330 Å². The van der Waals surface area contributed by atoms with Gasteiger partial charge >= 0.3 is 0 Å². The molecule has 17 unspecified atom stereocenters. The van der Waals surface area contributed by atoms with Gasteiger partial charge in [-0.25, -0.2) is 0 Å². The summed E-state index contributed by atoms with van der Waals surface area (Å²) in [6, 6.07) is -0.990. The first-order chi connectivity index (χ1) is 39.8. The molecule has 0 aromatic rings. The third-order valence-electron chi connectivity index (χ3n) is 16.2. The van der Waals surface area contributed by atoms with Crippen molar-refractivity contribution >= 4 is 5.91 Å². The highest BCUT2D eigenvalue weighted by atomic mass is 16.8. The minimum absolute atomic E-state index is 0.234. The second kappa shape index (κ2) is 46.2. The lowest BCUT2D eigenvalue weighted by molar-refractivity contribution is -0.379. The zero-order valence-corrected chi connectivity index (χ0v) is 50.2. The van der Waals surface area contributed by atoms with E-state index in [4.69, 9.17) is 28.4 Å². The van der Waals surface area contributed by atoms with Crippen molar-refractivity contribution in [1.82, 2.24) is 5.32 Å². The Labute approximate surface area is 491 Å². The van der Waals surface area contributed by atoms with Crippen molar-refractivity contribution in [1.29, 1.82) is 0 Å². The topological polar surface area (TPSA) is 307 Å². The average molecular weight is 1170 g/mol. The number of unbranched alkanes of at least 4 members (excludes halogenated alkanes) is 28. The van der Waals surface area contributed by atoms with Crippen LogP contribution in [0.3, 0.4) is 0 Å². The van der Waals surface area contributed by atoms with Crippen LogP contribution in [0.4, 0.5) is 0 Å². The van der Waals surface area contributed by atoms with Gasteiger partial charge in [0.15, 0.2) is 18.9 Å². The largest absolute Gasteiger partial charge is 0.394 e. The predicted molar refractivity (Wildman–Crippen MR) is 314 cm³/mol. The Balaban J connectivity index is 1.49. The van der Waals surface area contributed by atoms with Crippen LogP contribution < -0.4 is 5.32 Å². The molecule has 1 amide bonds. The van der Waals surface area contributed by atoms with E-state index in [9.17, 15) is 61.0 Å². The van der Waals surface area contributed by atoms with Crippen LogP contribution in [0, 0.1) is 0 Å². The summed E-state index contributed by atoms with van der Waals surface area (Å²) in [7, 11) is 0. The molecular formula is C63H115NO18. The van der Waals surface area contributed by atoms with E-state index in [0.29, 0.717) is 12.8 Å². The number of carbonyl (C=O) groups excluding carboxylic acids is 1. The molecule has 0 aliphatic carbocycles. The molecule has 0 saturated carbocycles. The number of carbonyl (C=O) groups is 1. The number of ether oxygens (including phenoxy) is 6. The molecule has 3 fully saturated rings. The molecule has 17 atom stereocenters. The average Bonchev–Trinajstić information content (AvgIpc) is 3.39. The number of amides is 1. The number of hydrogen-bond donors (Lipinski definition) is 12. The number of rotatable bonds is 48. The fraction of sp³-hybridized carbons (Fsp3) is 0.889. The highest BCUT2D eigenvalue weighted by Crippen LogP contribution is 2.33. The molecule has 3 heterocycles. The Morgan fingerprint density at radius 3 is 1.22 bits per heavy atom. The molecule has 3 aliphatic rings. The summed E-state index contributed by atoms with van der Waals surface area (Å²) in [4.78, 5) is 13.4. The van der Waals surface area contributed by atoms with Gasteiger partial charge in [-0.3, -0.25) is 4.79 Å². The Morgan fingerprint density at radius 1 is 0.427 bits per heavy atom. The smallest absolute Gasteiger partial charge is 0.220 e. The fourth-order valence-electron chi connectivity index (χ4n) is 10.8. The van der Waals surface area contributed by atoms with Crippen LogP contribution in [0.2, 0.25) is 0 Å². The molecule has 3 saturated heterocycles. The van der Waals surface area contributed by atoms with E-state index in [1.807, 2.05) is 6.08 Å². The van der Waals surface area contributed by atoms with Crippen molar-refractivity contribution in [2.24, 2.45) is 0 Å². The monoisotopic (exact) mass is 1170 g/mol. The molecule has 0 spiro atoms. The molecule has 0 bridgehead atoms. The fourth-order valence-corrected chi connectivity index (χ4v) is 10.8. The van der Waals surface area contributed by atoms with Crippen molar-refractivity contribution in [3.05, 3.63) is 36.5 Å². The van der Waals surface area contributed by atoms with Gasteiger partial charge < -0.3 is 89.9 Å². The van der Waals surface area contributed by atoms with Crippen molar-refractivity contribution in [3.63, 3.8) is 0 Å². The molecule has 0 radical (unpaired) electrons. The molecule has 82 heavy (non-hydrogen) atoms. The quantitative estimate of drug-likeness (QED) is 0.0218. The summed E-state index contributed by atoms with van der Waals surface area (Å²) >= 11 is 0. The maximum atomic E-state index is 13.4. The minimum Gasteiger partial charge on any atom is -0.394 e. The van der Waals surface area contributed by atoms with Crippen LogP contribution in [0.25, 0.3) is 0 Å². The van der Waals surface area contributed by atoms with Crippen LogP contribution in [0.5, 0.6) is 0 Å². The zero-order chi connectivity index (χ0) is 59.7. The van der Waals surface area contributed by atoms with Gasteiger partial charge in [0.2, 0.25) is 5.91 Å². The Hall–Kier alpha value is -1.99. The summed E-state index contributed by atoms with van der Waals surface area (Å²) in [6.07, 6.45) is 24.0. The van der Waals surface area contributed by atoms with E-state index < -0.39 is 124 Å². The van der Waals surface area contributed by atoms with Crippen molar-refractivity contribution < 1.29 is 89.4 Å². The van der Waals surface area contributed by atoms with Crippen LogP contribution in [-0.4, -0.2) is 193 Å². The summed E-state index contributed by atoms with van der Waals surface area (Å²) in [5.41, 5.74) is 0. The van der Waals surface area contributed by atoms with E-state index in [1.54, 1.807) is 6.08 Å². The molecule has 0 aromatic heterocycles. The number of allylic oxidation sites excluding steroid dienone is 5. The first kappa shape index (κ1) is 74.3. The molecular weight excluding hydrogens is 1060 g/mol. The SMILES string of the molecule is CCCCCCCC/C=C\CCCCCCCCCCCC(=O)NC(COC1OC(CO)C(OC2OC(CO)C(OC3OC(CO)C(O)C(O)C3O)C(O)C2O)C(O)C1O)C(O)/C=C/CC/C=C/CCCCCCCCCCCCCC. The number of aliphatic hydroxyl groups excluding tert-OH is 11. The lowest BCUT2D eigenvalue weighted by Crippen LogP contribution is -2.66. The van der Waals surface area contributed by atoms with Gasteiger partial charge in [-0.1, -0.05) is 198 Å². The van der Waals surface area contributed by atoms with E-state index in [0.717, 1.165) is 51.4 Å². The molecule has 19 nitrogen and oxygen atoms in total. The van der Waals surface area contributed by atoms with Crippen LogP contribution >= 0.6 is 0 Å². The minimum atomic E-state index is -1.98. The molecule has 0 aromatic carbocycles. The van der Waals surface area contributed by atoms with Gasteiger partial charge in [-0.05, 0) is 57.8 Å². The molecule has 19 heteroatoms. The molecule has 12 N–H and O–H groups in total. The Kier molecular flexibility index (Phi) is 41.8. The first-order valence-electron chi connectivity index (χ1n) is 32.2. The summed E-state index contributed by atoms with van der Waals surface area (Å²) in [5.74, 6) is -0.287. The Morgan fingerprint density at radius 2 is 0.780 bits per heavy atom. The van der Waals surface area contributed by atoms with Gasteiger partial charge in [0.25, 0.3) is 0 Å². The van der Waals surface area contributed by atoms with Crippen LogP contribution in [0.15, 0.2) is 36.5 Å². The lowest BCUT2D eigenvalue weighted by Gasteiger charge is -2.48. The maximum Gasteiger partial charge on any atom is 0.220 e. The van der Waals surface area contributed by atoms with Gasteiger partial charge in [-0.2, -0.15) is 0 Å². The summed E-state index contributed by atoms with van der Waals surface area (Å²) in [6.45, 7) is 1.71. The predicted octanol–water partition coefficient (Wildman–Crippen LogP) is 6.88. The molecule has 480 valence electrons. The number of hydrogen-bond acceptors (Lipinski definition) is 18. The standard InChI is InChI=1S/C63H115NO18/c1-3-5-7-9-11-13-15-17-19-21-23-25-27-29-31-33-35-37-39-41-51(69)64-46(47(68)40-38-36-34-32-30-28-26-24-22-20-18-16-14-12-10-8-6-4-2)45-77-61-57(75)54(72)59(49(43-66)79-61)82-63-58(76)55(73)60(50(44-67)80-63)81-62-56(74)53(71)52(70)48(42-65)78-62/h17,19,30,32,38,40,46-50,52-63,65-68,70-76H,3-16,18,20-29,31,33-37,39,41-45H2,1-2H3,(H,64,69)/b19-17-,32-30+,40-38+. The lowest BCUT2D eigenvalue weighted by atomic mass is 9.96. The Bertz CT molecular complexity index is 1640. The normalized spacial score (nSPS) is 29.8. The highest BCUT2D eigenvalue weighted by molar-refractivity contribution is 5.76. The second-order valence-corrected chi connectivity index (χ2v) is 23.2.